The van der Waals surface area contributed by atoms with Gasteiger partial charge in [0.1, 0.15) is 5.56 Å². The summed E-state index contributed by atoms with van der Waals surface area (Å²) in [5.74, 6) is 0. The van der Waals surface area contributed by atoms with Gasteiger partial charge in [-0.05, 0) is 18.3 Å². The van der Waals surface area contributed by atoms with E-state index in [9.17, 15) is 4.79 Å². The van der Waals surface area contributed by atoms with Gasteiger partial charge >= 0.3 is 0 Å². The van der Waals surface area contributed by atoms with Crippen molar-refractivity contribution in [2.75, 3.05) is 0 Å². The second kappa shape index (κ2) is 2.95. The zero-order valence-electron chi connectivity index (χ0n) is 5.99. The van der Waals surface area contributed by atoms with E-state index in [0.29, 0.717) is 5.56 Å². The maximum absolute atomic E-state index is 10.9. The molecule has 0 saturated carbocycles. The molecule has 0 aromatic rings. The van der Waals surface area contributed by atoms with Gasteiger partial charge in [-0.2, -0.15) is 0 Å². The fourth-order valence-electron chi connectivity index (χ4n) is 1.03. The monoisotopic (exact) mass is 225 g/mol. The molecule has 0 aromatic heterocycles. The summed E-state index contributed by atoms with van der Waals surface area (Å²) in [6.07, 6.45) is 2.68. The molecular weight excluding hydrogens is 219 g/mol. The zero-order chi connectivity index (χ0) is 7.14. The molecule has 0 unspecified atom stereocenters. The van der Waals surface area contributed by atoms with E-state index >= 15 is 0 Å². The van der Waals surface area contributed by atoms with E-state index in [1.165, 1.54) is 0 Å². The van der Waals surface area contributed by atoms with Crippen LogP contribution in [-0.4, -0.2) is 15.2 Å². The summed E-state index contributed by atoms with van der Waals surface area (Å²) < 4.78 is 0. The van der Waals surface area contributed by atoms with Crippen LogP contribution in [0.25, 0.3) is 11.3 Å². The molecule has 2 rings (SSSR count). The molecular formula is C6H6N3OY-. The van der Waals surface area contributed by atoms with Gasteiger partial charge in [0.2, 0.25) is 0 Å². The molecule has 0 bridgehead atoms. The predicted octanol–water partition coefficient (Wildman–Crippen LogP) is 0.242. The molecule has 0 atom stereocenters. The number of nitrogens with one attached hydrogen (secondary N) is 3. The normalized spacial score (nSPS) is 9.91. The smallest absolute Gasteiger partial charge is 0.142 e. The van der Waals surface area contributed by atoms with E-state index in [1.54, 1.807) is 0 Å². The first-order valence-electron chi connectivity index (χ1n) is 2.95. The van der Waals surface area contributed by atoms with Gasteiger partial charge in [0, 0.05) is 32.7 Å². The summed E-state index contributed by atoms with van der Waals surface area (Å²) in [5, 5.41) is 5.43. The minimum Gasteiger partial charge on any atom is -0.388 e. The number of aromatic nitrogens is 3. The van der Waals surface area contributed by atoms with Gasteiger partial charge in [-0.1, -0.05) is 11.8 Å². The number of aromatic amines is 3. The van der Waals surface area contributed by atoms with Gasteiger partial charge in [0.25, 0.3) is 0 Å². The van der Waals surface area contributed by atoms with Crippen LogP contribution < -0.4 is 5.56 Å². The van der Waals surface area contributed by atoms with E-state index in [4.69, 9.17) is 0 Å². The molecule has 3 N–H and O–H groups in total. The van der Waals surface area contributed by atoms with E-state index in [2.05, 4.69) is 21.4 Å². The van der Waals surface area contributed by atoms with Crippen LogP contribution in [0.4, 0.5) is 0 Å². The number of H-pyrrole nitrogens is 3. The summed E-state index contributed by atoms with van der Waals surface area (Å²) in [5.41, 5.74) is 2.13. The molecule has 1 radical (unpaired) electrons. The molecule has 0 amide bonds. The molecule has 2 heterocycles. The van der Waals surface area contributed by atoms with Crippen LogP contribution >= 0.6 is 0 Å². The topological polar surface area (TPSA) is 64.4 Å². The number of hydrogen-bond acceptors (Lipinski definition) is 1. The molecule has 4 nitrogen and oxygen atoms in total. The fraction of sp³-hybridized carbons (Fsp3) is 0.167. The maximum atomic E-state index is 10.9. The van der Waals surface area contributed by atoms with Crippen LogP contribution in [-0.2, 0) is 32.7 Å². The third-order valence-corrected chi connectivity index (χ3v) is 1.53. The largest absolute Gasteiger partial charge is 0.388 e. The first-order chi connectivity index (χ1) is 4.79. The number of aryl methyl sites for hydroxylation is 1. The van der Waals surface area contributed by atoms with Crippen LogP contribution in [0.2, 0.25) is 0 Å². The third kappa shape index (κ3) is 1.21. The molecule has 0 saturated heterocycles. The molecule has 55 valence electrons. The molecule has 0 fully saturated rings. The Hall–Kier alpha value is -0.346. The van der Waals surface area contributed by atoms with E-state index < -0.39 is 0 Å². The van der Waals surface area contributed by atoms with Crippen molar-refractivity contribution in [1.29, 1.82) is 0 Å². The SMILES string of the molecule is Cc1[nH]c(=O)c2[c-][nH][nH]c1-2.[Y]. The second-order valence-electron chi connectivity index (χ2n) is 2.20. The average Bonchev–Trinajstić information content (AvgIpc) is 2.39. The van der Waals surface area contributed by atoms with Crippen LogP contribution in [0.5, 0.6) is 0 Å². The maximum Gasteiger partial charge on any atom is 0.142 e. The van der Waals surface area contributed by atoms with Crippen molar-refractivity contribution in [3.05, 3.63) is 22.2 Å². The van der Waals surface area contributed by atoms with Crippen LogP contribution in [0.1, 0.15) is 5.69 Å². The van der Waals surface area contributed by atoms with Gasteiger partial charge < -0.3 is 20.0 Å². The zero-order valence-corrected chi connectivity index (χ0v) is 8.82. The number of fused-ring (bicyclic) bond motifs is 1. The molecule has 0 aromatic carbocycles. The first-order valence-corrected chi connectivity index (χ1v) is 2.95. The number of rotatable bonds is 0. The minimum absolute atomic E-state index is 0. The Kier molecular flexibility index (Phi) is 2.35. The standard InChI is InChI=1S/C6H6N3O.Y/c1-3-5-4(2-7-9-5)6(10)8-3;/h7,9H,1H3,(H,8,10);/q-1;. The molecule has 5 heteroatoms. The van der Waals surface area contributed by atoms with Gasteiger partial charge in [-0.15, -0.1) is 0 Å². The summed E-state index contributed by atoms with van der Waals surface area (Å²) in [7, 11) is 0. The van der Waals surface area contributed by atoms with Gasteiger partial charge in [0.15, 0.2) is 0 Å². The van der Waals surface area contributed by atoms with Crippen molar-refractivity contribution in [3.63, 3.8) is 0 Å². The fourth-order valence-corrected chi connectivity index (χ4v) is 1.03. The van der Waals surface area contributed by atoms with Crippen LogP contribution in [0, 0.1) is 13.1 Å². The molecule has 2 aliphatic rings. The van der Waals surface area contributed by atoms with Crippen molar-refractivity contribution in [2.45, 2.75) is 6.92 Å². The van der Waals surface area contributed by atoms with Crippen LogP contribution in [0.15, 0.2) is 4.79 Å². The first kappa shape index (κ1) is 8.75. The Bertz CT molecular complexity index is 372. The Labute approximate surface area is 88.0 Å². The van der Waals surface area contributed by atoms with Crippen LogP contribution in [0.3, 0.4) is 0 Å². The van der Waals surface area contributed by atoms with Crippen molar-refractivity contribution in [3.8, 4) is 11.3 Å². The van der Waals surface area contributed by atoms with Gasteiger partial charge in [-0.25, -0.2) is 0 Å². The van der Waals surface area contributed by atoms with Gasteiger partial charge in [-0.3, -0.25) is 0 Å². The minimum atomic E-state index is -0.0926. The van der Waals surface area contributed by atoms with Crippen molar-refractivity contribution in [2.24, 2.45) is 0 Å². The molecule has 0 spiro atoms. The number of hydrogen-bond donors (Lipinski definition) is 3. The molecule has 0 aliphatic carbocycles. The molecule has 2 aliphatic heterocycles. The van der Waals surface area contributed by atoms with Crippen molar-refractivity contribution >= 4 is 0 Å². The predicted molar refractivity (Wildman–Crippen MR) is 36.0 cm³/mol. The summed E-state index contributed by atoms with van der Waals surface area (Å²) in [6.45, 7) is 1.84. The summed E-state index contributed by atoms with van der Waals surface area (Å²) >= 11 is 0. The average molecular weight is 225 g/mol. The van der Waals surface area contributed by atoms with Crippen molar-refractivity contribution < 1.29 is 32.7 Å². The summed E-state index contributed by atoms with van der Waals surface area (Å²) in [6, 6.07) is 0. The summed E-state index contributed by atoms with van der Waals surface area (Å²) in [4.78, 5) is 13.6. The molecule has 11 heavy (non-hydrogen) atoms. The van der Waals surface area contributed by atoms with E-state index in [0.717, 1.165) is 11.4 Å². The Balaban J connectivity index is 0.000000605. The van der Waals surface area contributed by atoms with Crippen molar-refractivity contribution in [1.82, 2.24) is 15.2 Å². The third-order valence-electron chi connectivity index (χ3n) is 1.53. The Morgan fingerprint density at radius 3 is 2.82 bits per heavy atom. The van der Waals surface area contributed by atoms with E-state index in [-0.39, 0.29) is 38.3 Å². The van der Waals surface area contributed by atoms with Gasteiger partial charge in [0.05, 0.1) is 0 Å². The van der Waals surface area contributed by atoms with E-state index in [1.807, 2.05) is 6.92 Å². The Morgan fingerprint density at radius 2 is 2.18 bits per heavy atom. The quantitative estimate of drug-likeness (QED) is 0.552. The Morgan fingerprint density at radius 1 is 1.45 bits per heavy atom. The second-order valence-corrected chi connectivity index (χ2v) is 2.20.